The number of benzene rings is 1. The predicted molar refractivity (Wildman–Crippen MR) is 74.1 cm³/mol. The van der Waals surface area contributed by atoms with Crippen molar-refractivity contribution >= 4 is 10.0 Å². The third-order valence-corrected chi connectivity index (χ3v) is 5.29. The van der Waals surface area contributed by atoms with Gasteiger partial charge in [0.1, 0.15) is 5.82 Å². The van der Waals surface area contributed by atoms with Gasteiger partial charge in [-0.15, -0.1) is 0 Å². The van der Waals surface area contributed by atoms with E-state index in [-0.39, 0.29) is 22.4 Å². The minimum Gasteiger partial charge on any atom is -0.392 e. The van der Waals surface area contributed by atoms with Gasteiger partial charge in [-0.25, -0.2) is 12.8 Å². The fourth-order valence-electron chi connectivity index (χ4n) is 2.19. The zero-order chi connectivity index (χ0) is 14.9. The van der Waals surface area contributed by atoms with E-state index in [0.29, 0.717) is 6.54 Å². The zero-order valence-electron chi connectivity index (χ0n) is 11.7. The number of hydrogen-bond acceptors (Lipinski definition) is 3. The topological polar surface area (TPSA) is 57.6 Å². The van der Waals surface area contributed by atoms with E-state index in [1.807, 2.05) is 13.8 Å². The van der Waals surface area contributed by atoms with Crippen LogP contribution in [0, 0.1) is 11.7 Å². The first-order valence-corrected chi connectivity index (χ1v) is 8.21. The van der Waals surface area contributed by atoms with Gasteiger partial charge >= 0.3 is 0 Å². The molecule has 0 aliphatic heterocycles. The Labute approximate surface area is 119 Å². The van der Waals surface area contributed by atoms with E-state index in [4.69, 9.17) is 0 Å². The van der Waals surface area contributed by atoms with Crippen LogP contribution >= 0.6 is 0 Å². The number of aliphatic hydroxyl groups is 1. The number of aliphatic hydroxyl groups excluding tert-OH is 1. The van der Waals surface area contributed by atoms with E-state index < -0.39 is 22.4 Å². The van der Waals surface area contributed by atoms with E-state index in [0.717, 1.165) is 25.0 Å². The van der Waals surface area contributed by atoms with Crippen molar-refractivity contribution in [3.8, 4) is 0 Å². The lowest BCUT2D eigenvalue weighted by Crippen LogP contribution is -2.36. The second kappa shape index (κ2) is 5.79. The van der Waals surface area contributed by atoms with Crippen molar-refractivity contribution in [2.24, 2.45) is 5.92 Å². The van der Waals surface area contributed by atoms with Crippen molar-refractivity contribution in [3.05, 3.63) is 29.6 Å². The molecule has 1 aliphatic carbocycles. The number of nitrogens with zero attached hydrogens (tertiary/aromatic N) is 1. The maximum Gasteiger partial charge on any atom is 0.243 e. The fraction of sp³-hybridized carbons (Fsp3) is 0.571. The smallest absolute Gasteiger partial charge is 0.243 e. The van der Waals surface area contributed by atoms with E-state index in [1.54, 1.807) is 0 Å². The number of sulfonamides is 1. The summed E-state index contributed by atoms with van der Waals surface area (Å²) in [7, 11) is -3.76. The van der Waals surface area contributed by atoms with Crippen LogP contribution in [0.15, 0.2) is 23.1 Å². The fourth-order valence-corrected chi connectivity index (χ4v) is 4.27. The van der Waals surface area contributed by atoms with Crippen LogP contribution in [0.4, 0.5) is 4.39 Å². The molecule has 0 amide bonds. The van der Waals surface area contributed by atoms with Crippen molar-refractivity contribution < 1.29 is 17.9 Å². The molecule has 1 saturated carbocycles. The van der Waals surface area contributed by atoms with Gasteiger partial charge in [0.25, 0.3) is 0 Å². The second-order valence-electron chi connectivity index (χ2n) is 5.61. The highest BCUT2D eigenvalue weighted by atomic mass is 32.2. The minimum absolute atomic E-state index is 0.0113. The van der Waals surface area contributed by atoms with Crippen molar-refractivity contribution in [1.82, 2.24) is 4.31 Å². The molecule has 0 heterocycles. The summed E-state index contributed by atoms with van der Waals surface area (Å²) in [6, 6.07) is 3.49. The highest BCUT2D eigenvalue weighted by molar-refractivity contribution is 7.89. The molecule has 0 radical (unpaired) electrons. The average Bonchev–Trinajstić information content (AvgIpc) is 3.19. The summed E-state index contributed by atoms with van der Waals surface area (Å²) < 4.78 is 40.3. The Kier molecular flexibility index (Phi) is 4.46. The Morgan fingerprint density at radius 2 is 2.05 bits per heavy atom. The molecule has 0 saturated heterocycles. The van der Waals surface area contributed by atoms with E-state index >= 15 is 0 Å². The van der Waals surface area contributed by atoms with E-state index in [2.05, 4.69) is 0 Å². The molecular formula is C14H20FNO3S. The van der Waals surface area contributed by atoms with Crippen LogP contribution in [-0.2, 0) is 16.6 Å². The molecule has 0 bridgehead atoms. The standard InChI is InChI=1S/C14H20FNO3S/c1-10(2)8-16(13-5-6-13)20(18,19)14-7-12(15)4-3-11(14)9-17/h3-4,7,10,13,17H,5-6,8-9H2,1-2H3. The van der Waals surface area contributed by atoms with Crippen LogP contribution in [0.1, 0.15) is 32.3 Å². The van der Waals surface area contributed by atoms with E-state index in [1.165, 1.54) is 10.4 Å². The minimum atomic E-state index is -3.76. The predicted octanol–water partition coefficient (Wildman–Crippen LogP) is 2.13. The van der Waals surface area contributed by atoms with Crippen molar-refractivity contribution in [2.45, 2.75) is 44.2 Å². The largest absolute Gasteiger partial charge is 0.392 e. The Morgan fingerprint density at radius 3 is 2.55 bits per heavy atom. The quantitative estimate of drug-likeness (QED) is 0.875. The lowest BCUT2D eigenvalue weighted by Gasteiger charge is -2.24. The van der Waals surface area contributed by atoms with Gasteiger partial charge in [-0.1, -0.05) is 19.9 Å². The Bertz CT molecular complexity index is 582. The van der Waals surface area contributed by atoms with Crippen LogP contribution in [0.3, 0.4) is 0 Å². The lowest BCUT2D eigenvalue weighted by atomic mass is 10.2. The van der Waals surface area contributed by atoms with Crippen molar-refractivity contribution in [3.63, 3.8) is 0 Å². The molecule has 1 aromatic carbocycles. The molecule has 112 valence electrons. The third-order valence-electron chi connectivity index (χ3n) is 3.29. The number of rotatable bonds is 6. The zero-order valence-corrected chi connectivity index (χ0v) is 12.5. The van der Waals surface area contributed by atoms with Gasteiger partial charge in [-0.05, 0) is 36.5 Å². The monoisotopic (exact) mass is 301 g/mol. The van der Waals surface area contributed by atoms with Gasteiger partial charge in [0.2, 0.25) is 10.0 Å². The van der Waals surface area contributed by atoms with Crippen LogP contribution < -0.4 is 0 Å². The molecule has 0 spiro atoms. The highest BCUT2D eigenvalue weighted by Gasteiger charge is 2.39. The maximum absolute atomic E-state index is 13.4. The molecule has 1 fully saturated rings. The highest BCUT2D eigenvalue weighted by Crippen LogP contribution is 2.34. The van der Waals surface area contributed by atoms with Crippen molar-refractivity contribution in [2.75, 3.05) is 6.54 Å². The second-order valence-corrected chi connectivity index (χ2v) is 7.47. The molecule has 6 heteroatoms. The average molecular weight is 301 g/mol. The molecular weight excluding hydrogens is 281 g/mol. The summed E-state index contributed by atoms with van der Waals surface area (Å²) in [5.41, 5.74) is 0.237. The van der Waals surface area contributed by atoms with Gasteiger partial charge in [0.05, 0.1) is 11.5 Å². The van der Waals surface area contributed by atoms with Gasteiger partial charge < -0.3 is 5.11 Å². The first kappa shape index (κ1) is 15.4. The maximum atomic E-state index is 13.4. The van der Waals surface area contributed by atoms with Gasteiger partial charge in [-0.3, -0.25) is 0 Å². The lowest BCUT2D eigenvalue weighted by molar-refractivity contribution is 0.277. The molecule has 1 aliphatic rings. The van der Waals surface area contributed by atoms with Crippen LogP contribution in [-0.4, -0.2) is 30.4 Å². The van der Waals surface area contributed by atoms with Crippen LogP contribution in [0.25, 0.3) is 0 Å². The van der Waals surface area contributed by atoms with Gasteiger partial charge in [0.15, 0.2) is 0 Å². The number of halogens is 1. The summed E-state index contributed by atoms with van der Waals surface area (Å²) in [6.07, 6.45) is 1.69. The third kappa shape index (κ3) is 3.19. The first-order chi connectivity index (χ1) is 9.36. The normalized spacial score (nSPS) is 16.1. The first-order valence-electron chi connectivity index (χ1n) is 6.77. The molecule has 20 heavy (non-hydrogen) atoms. The Hall–Kier alpha value is -0.980. The van der Waals surface area contributed by atoms with Gasteiger partial charge in [0, 0.05) is 12.6 Å². The Balaban J connectivity index is 2.44. The summed E-state index contributed by atoms with van der Waals surface area (Å²) in [5, 5.41) is 9.29. The molecule has 0 unspecified atom stereocenters. The van der Waals surface area contributed by atoms with Crippen LogP contribution in [0.5, 0.6) is 0 Å². The number of hydrogen-bond donors (Lipinski definition) is 1. The Morgan fingerprint density at radius 1 is 1.40 bits per heavy atom. The molecule has 2 rings (SSSR count). The summed E-state index contributed by atoms with van der Waals surface area (Å²) in [6.45, 7) is 3.89. The molecule has 4 nitrogen and oxygen atoms in total. The van der Waals surface area contributed by atoms with Crippen LogP contribution in [0.2, 0.25) is 0 Å². The summed E-state index contributed by atoms with van der Waals surface area (Å²) in [5.74, 6) is -0.419. The van der Waals surface area contributed by atoms with Crippen molar-refractivity contribution in [1.29, 1.82) is 0 Å². The van der Waals surface area contributed by atoms with Gasteiger partial charge in [-0.2, -0.15) is 4.31 Å². The van der Waals surface area contributed by atoms with E-state index in [9.17, 15) is 17.9 Å². The molecule has 0 aromatic heterocycles. The summed E-state index contributed by atoms with van der Waals surface area (Å²) in [4.78, 5) is -0.118. The molecule has 1 N–H and O–H groups in total. The summed E-state index contributed by atoms with van der Waals surface area (Å²) >= 11 is 0. The molecule has 0 atom stereocenters. The molecule has 1 aromatic rings. The SMILES string of the molecule is CC(C)CN(C1CC1)S(=O)(=O)c1cc(F)ccc1CO.